The lowest BCUT2D eigenvalue weighted by Gasteiger charge is -2.35. The van der Waals surface area contributed by atoms with Crippen molar-refractivity contribution in [3.63, 3.8) is 0 Å². The molecule has 1 fully saturated rings. The molecule has 1 aromatic heterocycles. The predicted molar refractivity (Wildman–Crippen MR) is 220 cm³/mol. The van der Waals surface area contributed by atoms with Crippen LogP contribution in [0.15, 0.2) is 89.7 Å². The van der Waals surface area contributed by atoms with Crippen LogP contribution in [0, 0.1) is 0 Å². The molecule has 0 radical (unpaired) electrons. The number of carbonyl (C=O) groups is 2. The van der Waals surface area contributed by atoms with Gasteiger partial charge in [0.1, 0.15) is 11.5 Å². The van der Waals surface area contributed by atoms with Crippen molar-refractivity contribution >= 4 is 45.9 Å². The Hall–Kier alpha value is -5.54. The Morgan fingerprint density at radius 1 is 1.00 bits per heavy atom. The Bertz CT molecular complexity index is 2220. The summed E-state index contributed by atoms with van der Waals surface area (Å²) in [6, 6.07) is 24.8. The highest BCUT2D eigenvalue weighted by molar-refractivity contribution is 6.33. The summed E-state index contributed by atoms with van der Waals surface area (Å²) in [4.78, 5) is 41.7. The first-order valence-electron chi connectivity index (χ1n) is 18.4. The Morgan fingerprint density at radius 2 is 1.74 bits per heavy atom. The molecule has 1 atom stereocenters. The monoisotopic (exact) mass is 807 g/mol. The Balaban J connectivity index is 0.00000360. The maximum Gasteiger partial charge on any atom is 0.412 e. The van der Waals surface area contributed by atoms with Gasteiger partial charge in [0, 0.05) is 60.2 Å². The summed E-state index contributed by atoms with van der Waals surface area (Å²) in [5, 5.41) is 38.5. The average Bonchev–Trinajstić information content (AvgIpc) is 3.17. The molecular formula is C42H48ClF2N5O7. The number of nitrogens with zero attached hydrogens (tertiary/aromatic N) is 1. The number of aryl methyl sites for hydroxylation is 1. The Labute approximate surface area is 333 Å². The lowest BCUT2D eigenvalue weighted by molar-refractivity contribution is -0.116. The van der Waals surface area contributed by atoms with Gasteiger partial charge in [-0.1, -0.05) is 60.1 Å². The SMILES string of the molecule is COc1cc(NC(=O)CCCc2ccc(-c3ccccc3)c(N(C(=O)O)C3CCC(N)CC3)c2)c(Cl)cc1CNC[C@@H](O)c1ccc(O)c2[nH]c(=O)ccc12.F.F. The van der Waals surface area contributed by atoms with Crippen molar-refractivity contribution in [1.29, 1.82) is 0 Å². The number of carbonyl (C=O) groups excluding carboxylic acids is 1. The lowest BCUT2D eigenvalue weighted by Crippen LogP contribution is -2.44. The van der Waals surface area contributed by atoms with Crippen molar-refractivity contribution in [3.8, 4) is 22.6 Å². The lowest BCUT2D eigenvalue weighted by atomic mass is 9.89. The van der Waals surface area contributed by atoms with E-state index in [1.165, 1.54) is 24.1 Å². The quantitative estimate of drug-likeness (QED) is 0.0599. The van der Waals surface area contributed by atoms with Crippen molar-refractivity contribution < 1.29 is 39.1 Å². The van der Waals surface area contributed by atoms with Crippen molar-refractivity contribution in [2.75, 3.05) is 23.9 Å². The van der Waals surface area contributed by atoms with Gasteiger partial charge in [-0.05, 0) is 79.5 Å². The predicted octanol–water partition coefficient (Wildman–Crippen LogP) is 7.41. The summed E-state index contributed by atoms with van der Waals surface area (Å²) in [6.45, 7) is 0.442. The van der Waals surface area contributed by atoms with Gasteiger partial charge in [-0.2, -0.15) is 0 Å². The summed E-state index contributed by atoms with van der Waals surface area (Å²) >= 11 is 6.61. The molecule has 57 heavy (non-hydrogen) atoms. The maximum atomic E-state index is 13.1. The number of amides is 2. The van der Waals surface area contributed by atoms with E-state index >= 15 is 0 Å². The second-order valence-electron chi connectivity index (χ2n) is 13.9. The number of carboxylic acid groups (broad SMARTS) is 1. The van der Waals surface area contributed by atoms with E-state index in [-0.39, 0.29) is 57.2 Å². The number of benzene rings is 4. The fourth-order valence-electron chi connectivity index (χ4n) is 7.30. The number of aromatic amines is 1. The number of H-pyrrole nitrogens is 1. The smallest absolute Gasteiger partial charge is 0.412 e. The number of nitrogens with two attached hydrogens (primary N) is 1. The standard InChI is InChI=1S/C42H46ClN5O7.2FH/c1-55-38-22-34(33(43)21-27(38)23-45-24-37(50)31-16-18-36(49)41-32(31)17-19-40(52)47-41)46-39(51)9-5-6-25-10-15-30(26-7-3-2-4-8-26)35(20-25)48(42(53)54)29-13-11-28(44)12-14-29;;/h2-4,7-8,10,15-22,28-29,37,45,49-50H,5-6,9,11-14,23-24,44H2,1H3,(H,46,51)(H,47,52)(H,53,54);2*1H/t28?,29?,37-;;/m1../s1. The number of aromatic nitrogens is 1. The summed E-state index contributed by atoms with van der Waals surface area (Å²) in [5.74, 6) is 0.173. The van der Waals surface area contributed by atoms with E-state index in [0.717, 1.165) is 29.5 Å². The highest BCUT2D eigenvalue weighted by Crippen LogP contribution is 2.37. The minimum atomic E-state index is -0.997. The zero-order chi connectivity index (χ0) is 39.1. The summed E-state index contributed by atoms with van der Waals surface area (Å²) in [7, 11) is 1.52. The molecule has 0 bridgehead atoms. The van der Waals surface area contributed by atoms with Crippen molar-refractivity contribution in [2.45, 2.75) is 69.7 Å². The minimum absolute atomic E-state index is 0. The molecule has 12 nitrogen and oxygen atoms in total. The molecule has 304 valence electrons. The molecular weight excluding hydrogens is 760 g/mol. The van der Waals surface area contributed by atoms with Crippen LogP contribution in [0.3, 0.4) is 0 Å². The highest BCUT2D eigenvalue weighted by atomic mass is 35.5. The van der Waals surface area contributed by atoms with Crippen molar-refractivity contribution in [3.05, 3.63) is 117 Å². The zero-order valence-electron chi connectivity index (χ0n) is 31.4. The first-order valence-corrected chi connectivity index (χ1v) is 18.8. The molecule has 1 heterocycles. The molecule has 5 aromatic rings. The van der Waals surface area contributed by atoms with E-state index in [9.17, 15) is 29.7 Å². The molecule has 1 aliphatic carbocycles. The third-order valence-corrected chi connectivity index (χ3v) is 10.5. The molecule has 15 heteroatoms. The Morgan fingerprint density at radius 3 is 2.44 bits per heavy atom. The van der Waals surface area contributed by atoms with Crippen LogP contribution in [-0.4, -0.2) is 58.0 Å². The van der Waals surface area contributed by atoms with Gasteiger partial charge >= 0.3 is 6.09 Å². The second-order valence-corrected chi connectivity index (χ2v) is 14.3. The van der Waals surface area contributed by atoms with Gasteiger partial charge in [-0.3, -0.25) is 23.9 Å². The highest BCUT2D eigenvalue weighted by Gasteiger charge is 2.31. The van der Waals surface area contributed by atoms with E-state index in [1.807, 2.05) is 48.5 Å². The molecule has 0 unspecified atom stereocenters. The van der Waals surface area contributed by atoms with Crippen LogP contribution >= 0.6 is 11.6 Å². The van der Waals surface area contributed by atoms with Crippen LogP contribution in [-0.2, 0) is 17.8 Å². The first kappa shape index (κ1) is 44.2. The number of aliphatic hydroxyl groups excluding tert-OH is 1. The number of fused-ring (bicyclic) bond motifs is 1. The van der Waals surface area contributed by atoms with E-state index in [4.69, 9.17) is 22.1 Å². The average molecular weight is 808 g/mol. The topological polar surface area (TPSA) is 190 Å². The van der Waals surface area contributed by atoms with E-state index in [0.29, 0.717) is 70.9 Å². The third-order valence-electron chi connectivity index (χ3n) is 10.2. The molecule has 1 aliphatic rings. The number of hydrogen-bond acceptors (Lipinski definition) is 8. The van der Waals surface area contributed by atoms with Crippen LogP contribution < -0.4 is 31.6 Å². The van der Waals surface area contributed by atoms with Crippen LogP contribution in [0.1, 0.15) is 61.3 Å². The normalized spacial score (nSPS) is 15.5. The van der Waals surface area contributed by atoms with Crippen LogP contribution in [0.2, 0.25) is 5.02 Å². The number of ether oxygens (including phenoxy) is 1. The largest absolute Gasteiger partial charge is 0.506 e. The number of aromatic hydroxyl groups is 1. The molecule has 2 amide bonds. The minimum Gasteiger partial charge on any atom is -0.506 e. The molecule has 0 saturated heterocycles. The first-order chi connectivity index (χ1) is 26.5. The van der Waals surface area contributed by atoms with Gasteiger partial charge < -0.3 is 41.4 Å². The second kappa shape index (κ2) is 20.1. The summed E-state index contributed by atoms with van der Waals surface area (Å²) < 4.78 is 5.60. The molecule has 1 saturated carbocycles. The molecule has 0 aliphatic heterocycles. The van der Waals surface area contributed by atoms with E-state index in [2.05, 4.69) is 15.6 Å². The number of pyridine rings is 1. The molecule has 6 rings (SSSR count). The van der Waals surface area contributed by atoms with Gasteiger partial charge in [0.05, 0.1) is 35.1 Å². The van der Waals surface area contributed by atoms with Crippen molar-refractivity contribution in [1.82, 2.24) is 10.3 Å². The van der Waals surface area contributed by atoms with Crippen LogP contribution in [0.5, 0.6) is 11.5 Å². The number of aliphatic hydroxyl groups is 1. The fraction of sp³-hybridized carbons (Fsp3) is 0.310. The van der Waals surface area contributed by atoms with Gasteiger partial charge in [-0.15, -0.1) is 0 Å². The number of hydrogen-bond donors (Lipinski definition) is 7. The number of anilines is 2. The van der Waals surface area contributed by atoms with Gasteiger partial charge in [-0.25, -0.2) is 4.79 Å². The van der Waals surface area contributed by atoms with Gasteiger partial charge in [0.25, 0.3) is 0 Å². The molecule has 8 N–H and O–H groups in total. The summed E-state index contributed by atoms with van der Waals surface area (Å²) in [5.41, 5.74) is 11.0. The fourth-order valence-corrected chi connectivity index (χ4v) is 7.53. The number of methoxy groups -OCH3 is 1. The maximum absolute atomic E-state index is 13.1. The number of rotatable bonds is 14. The van der Waals surface area contributed by atoms with Gasteiger partial charge in [0.2, 0.25) is 11.5 Å². The number of phenols is 1. The zero-order valence-corrected chi connectivity index (χ0v) is 32.1. The number of halogens is 3. The van der Waals surface area contributed by atoms with Gasteiger partial charge in [0.15, 0.2) is 0 Å². The van der Waals surface area contributed by atoms with E-state index < -0.39 is 12.2 Å². The number of phenolic OH excluding ortho intramolecular Hbond substituents is 1. The Kier molecular flexibility index (Phi) is 15.5. The van der Waals surface area contributed by atoms with Crippen molar-refractivity contribution in [2.24, 2.45) is 5.73 Å². The molecule has 4 aromatic carbocycles. The van der Waals surface area contributed by atoms with Crippen LogP contribution in [0.4, 0.5) is 25.6 Å². The summed E-state index contributed by atoms with van der Waals surface area (Å²) in [6.07, 6.45) is 2.28. The van der Waals surface area contributed by atoms with E-state index in [1.54, 1.807) is 24.3 Å². The third kappa shape index (κ3) is 10.7. The molecule has 0 spiro atoms. The number of nitrogens with one attached hydrogen (secondary N) is 3. The van der Waals surface area contributed by atoms with Crippen LogP contribution in [0.25, 0.3) is 22.0 Å².